The van der Waals surface area contributed by atoms with E-state index in [9.17, 15) is 5.11 Å². The van der Waals surface area contributed by atoms with Crippen molar-refractivity contribution >= 4 is 11.3 Å². The summed E-state index contributed by atoms with van der Waals surface area (Å²) in [5, 5.41) is 14.5. The van der Waals surface area contributed by atoms with Gasteiger partial charge in [0.1, 0.15) is 0 Å². The van der Waals surface area contributed by atoms with Crippen LogP contribution in [0.25, 0.3) is 0 Å². The molecule has 0 atom stereocenters. The summed E-state index contributed by atoms with van der Waals surface area (Å²) in [6.07, 6.45) is 6.13. The Hall–Kier alpha value is -0.450. The molecule has 2 N–H and O–H groups in total. The van der Waals surface area contributed by atoms with Gasteiger partial charge in [0.2, 0.25) is 0 Å². The normalized spacial score (nSPS) is 19.6. The second-order valence-corrected chi connectivity index (χ2v) is 5.70. The van der Waals surface area contributed by atoms with E-state index in [-0.39, 0.29) is 0 Å². The summed E-state index contributed by atoms with van der Waals surface area (Å²) >= 11 is 1.71. The van der Waals surface area contributed by atoms with Crippen molar-refractivity contribution in [2.75, 3.05) is 6.54 Å². The molecular formula is C11H18N2OS. The van der Waals surface area contributed by atoms with Crippen LogP contribution in [0, 0.1) is 6.92 Å². The van der Waals surface area contributed by atoms with Gasteiger partial charge >= 0.3 is 0 Å². The van der Waals surface area contributed by atoms with Crippen LogP contribution in [0.4, 0.5) is 0 Å². The molecule has 84 valence electrons. The topological polar surface area (TPSA) is 45.2 Å². The van der Waals surface area contributed by atoms with Crippen molar-refractivity contribution in [2.24, 2.45) is 0 Å². The number of thiazole rings is 1. The van der Waals surface area contributed by atoms with Gasteiger partial charge in [-0.25, -0.2) is 4.98 Å². The molecule has 1 aromatic heterocycles. The van der Waals surface area contributed by atoms with Gasteiger partial charge in [-0.2, -0.15) is 0 Å². The van der Waals surface area contributed by atoms with Gasteiger partial charge in [0, 0.05) is 24.2 Å². The van der Waals surface area contributed by atoms with Crippen LogP contribution in [-0.2, 0) is 6.54 Å². The van der Waals surface area contributed by atoms with Crippen molar-refractivity contribution in [1.29, 1.82) is 0 Å². The van der Waals surface area contributed by atoms with E-state index >= 15 is 0 Å². The van der Waals surface area contributed by atoms with Crippen molar-refractivity contribution in [3.05, 3.63) is 16.1 Å². The molecule has 1 aliphatic carbocycles. The third kappa shape index (κ3) is 3.00. The average Bonchev–Trinajstić information content (AvgIpc) is 2.76. The van der Waals surface area contributed by atoms with Gasteiger partial charge in [-0.1, -0.05) is 12.8 Å². The Balaban J connectivity index is 1.75. The fraction of sp³-hybridized carbons (Fsp3) is 0.727. The molecular weight excluding hydrogens is 208 g/mol. The zero-order chi connectivity index (χ0) is 10.7. The van der Waals surface area contributed by atoms with Crippen molar-refractivity contribution < 1.29 is 5.11 Å². The van der Waals surface area contributed by atoms with Crippen LogP contribution in [0.5, 0.6) is 0 Å². The molecule has 2 rings (SSSR count). The number of nitrogens with zero attached hydrogens (tertiary/aromatic N) is 1. The predicted molar refractivity (Wildman–Crippen MR) is 62.0 cm³/mol. The summed E-state index contributed by atoms with van der Waals surface area (Å²) in [6, 6.07) is 0. The molecule has 3 nitrogen and oxygen atoms in total. The van der Waals surface area contributed by atoms with E-state index in [0.717, 1.165) is 37.2 Å². The molecule has 1 heterocycles. The molecule has 0 bridgehead atoms. The first kappa shape index (κ1) is 11.0. The number of aliphatic hydroxyl groups is 1. The largest absolute Gasteiger partial charge is 0.389 e. The minimum Gasteiger partial charge on any atom is -0.389 e. The van der Waals surface area contributed by atoms with Crippen LogP contribution in [0.3, 0.4) is 0 Å². The van der Waals surface area contributed by atoms with E-state index in [1.807, 2.05) is 13.1 Å². The first-order valence-corrected chi connectivity index (χ1v) is 6.34. The number of aromatic nitrogens is 1. The molecule has 1 saturated carbocycles. The molecule has 0 aliphatic heterocycles. The second-order valence-electron chi connectivity index (χ2n) is 4.38. The molecule has 0 spiro atoms. The summed E-state index contributed by atoms with van der Waals surface area (Å²) in [6.45, 7) is 3.55. The third-order valence-corrected chi connectivity index (χ3v) is 3.87. The van der Waals surface area contributed by atoms with Crippen LogP contribution < -0.4 is 5.32 Å². The molecule has 4 heteroatoms. The van der Waals surface area contributed by atoms with E-state index in [1.165, 1.54) is 4.88 Å². The van der Waals surface area contributed by atoms with Crippen LogP contribution in [0.1, 0.15) is 35.6 Å². The lowest BCUT2D eigenvalue weighted by Crippen LogP contribution is -2.37. The second kappa shape index (κ2) is 4.60. The maximum Gasteiger partial charge on any atom is 0.0897 e. The highest BCUT2D eigenvalue weighted by molar-refractivity contribution is 7.11. The zero-order valence-electron chi connectivity index (χ0n) is 9.12. The average molecular weight is 226 g/mol. The van der Waals surface area contributed by atoms with E-state index in [4.69, 9.17) is 0 Å². The lowest BCUT2D eigenvalue weighted by molar-refractivity contribution is 0.0475. The van der Waals surface area contributed by atoms with E-state index < -0.39 is 5.60 Å². The summed E-state index contributed by atoms with van der Waals surface area (Å²) in [7, 11) is 0. The van der Waals surface area contributed by atoms with Crippen molar-refractivity contribution in [3.8, 4) is 0 Å². The monoisotopic (exact) mass is 226 g/mol. The predicted octanol–water partition coefficient (Wildman–Crippen LogP) is 1.85. The highest BCUT2D eigenvalue weighted by Crippen LogP contribution is 2.28. The van der Waals surface area contributed by atoms with Crippen molar-refractivity contribution in [3.63, 3.8) is 0 Å². The SMILES string of the molecule is Cc1ncc(CNCC2(O)CCCC2)s1. The Morgan fingerprint density at radius 3 is 2.87 bits per heavy atom. The standard InChI is InChI=1S/C11H18N2OS/c1-9-13-7-10(15-9)6-12-8-11(14)4-2-3-5-11/h7,12,14H,2-6,8H2,1H3. The van der Waals surface area contributed by atoms with Gasteiger partial charge < -0.3 is 10.4 Å². The molecule has 1 aromatic rings. The quantitative estimate of drug-likeness (QED) is 0.823. The lowest BCUT2D eigenvalue weighted by Gasteiger charge is -2.22. The fourth-order valence-electron chi connectivity index (χ4n) is 2.12. The van der Waals surface area contributed by atoms with Crippen LogP contribution in [-0.4, -0.2) is 22.2 Å². The van der Waals surface area contributed by atoms with Gasteiger partial charge in [0.15, 0.2) is 0 Å². The number of rotatable bonds is 4. The molecule has 0 radical (unpaired) electrons. The number of hydrogen-bond donors (Lipinski definition) is 2. The lowest BCUT2D eigenvalue weighted by atomic mass is 10.0. The summed E-state index contributed by atoms with van der Waals surface area (Å²) in [5.41, 5.74) is -0.445. The van der Waals surface area contributed by atoms with Crippen molar-refractivity contribution in [1.82, 2.24) is 10.3 Å². The molecule has 15 heavy (non-hydrogen) atoms. The van der Waals surface area contributed by atoms with E-state index in [2.05, 4.69) is 10.3 Å². The van der Waals surface area contributed by atoms with Gasteiger partial charge in [-0.15, -0.1) is 11.3 Å². The van der Waals surface area contributed by atoms with E-state index in [0.29, 0.717) is 6.54 Å². The third-order valence-electron chi connectivity index (χ3n) is 2.96. The van der Waals surface area contributed by atoms with E-state index in [1.54, 1.807) is 11.3 Å². The Bertz CT molecular complexity index is 318. The fourth-order valence-corrected chi connectivity index (χ4v) is 2.88. The molecule has 0 saturated heterocycles. The Kier molecular flexibility index (Phi) is 3.38. The number of hydrogen-bond acceptors (Lipinski definition) is 4. The first-order chi connectivity index (χ1) is 7.18. The van der Waals surface area contributed by atoms with Crippen LogP contribution >= 0.6 is 11.3 Å². The molecule has 1 aliphatic rings. The van der Waals surface area contributed by atoms with Crippen LogP contribution in [0.15, 0.2) is 6.20 Å². The molecule has 0 amide bonds. The number of aryl methyl sites for hydroxylation is 1. The molecule has 1 fully saturated rings. The zero-order valence-corrected chi connectivity index (χ0v) is 9.94. The van der Waals surface area contributed by atoms with Gasteiger partial charge in [0.25, 0.3) is 0 Å². The molecule has 0 unspecified atom stereocenters. The smallest absolute Gasteiger partial charge is 0.0897 e. The van der Waals surface area contributed by atoms with Gasteiger partial charge in [-0.05, 0) is 19.8 Å². The summed E-state index contributed by atoms with van der Waals surface area (Å²) in [4.78, 5) is 5.44. The maximum atomic E-state index is 10.1. The Morgan fingerprint density at radius 1 is 1.53 bits per heavy atom. The highest BCUT2D eigenvalue weighted by Gasteiger charge is 2.30. The maximum absolute atomic E-state index is 10.1. The summed E-state index contributed by atoms with van der Waals surface area (Å²) < 4.78 is 0. The molecule has 0 aromatic carbocycles. The highest BCUT2D eigenvalue weighted by atomic mass is 32.1. The number of nitrogens with one attached hydrogen (secondary N) is 1. The minimum atomic E-state index is -0.445. The van der Waals surface area contributed by atoms with Gasteiger partial charge in [0.05, 0.1) is 10.6 Å². The van der Waals surface area contributed by atoms with Gasteiger partial charge in [-0.3, -0.25) is 0 Å². The Morgan fingerprint density at radius 2 is 2.27 bits per heavy atom. The van der Waals surface area contributed by atoms with Crippen LogP contribution in [0.2, 0.25) is 0 Å². The first-order valence-electron chi connectivity index (χ1n) is 5.52. The summed E-state index contributed by atoms with van der Waals surface area (Å²) in [5.74, 6) is 0. The Labute approximate surface area is 94.5 Å². The van der Waals surface area contributed by atoms with Crippen molar-refractivity contribution in [2.45, 2.75) is 44.8 Å². The minimum absolute atomic E-state index is 0.445.